The van der Waals surface area contributed by atoms with Gasteiger partial charge in [0, 0.05) is 32.6 Å². The van der Waals surface area contributed by atoms with Gasteiger partial charge < -0.3 is 20.9 Å². The minimum Gasteiger partial charge on any atom is -0.353 e. The van der Waals surface area contributed by atoms with Crippen molar-refractivity contribution in [3.05, 3.63) is 35.9 Å². The Morgan fingerprint density at radius 2 is 2.00 bits per heavy atom. The molecule has 3 N–H and O–H groups in total. The van der Waals surface area contributed by atoms with Crippen LogP contribution in [0.5, 0.6) is 0 Å². The third-order valence-corrected chi connectivity index (χ3v) is 4.37. The zero-order valence-corrected chi connectivity index (χ0v) is 15.8. The van der Waals surface area contributed by atoms with Crippen LogP contribution in [0.1, 0.15) is 25.3 Å². The van der Waals surface area contributed by atoms with E-state index >= 15 is 0 Å². The molecule has 1 heterocycles. The van der Waals surface area contributed by atoms with Gasteiger partial charge in [0.1, 0.15) is 0 Å². The number of amides is 3. The molecule has 140 valence electrons. The van der Waals surface area contributed by atoms with Crippen LogP contribution in [0, 0.1) is 5.92 Å². The van der Waals surface area contributed by atoms with E-state index in [-0.39, 0.29) is 30.4 Å². The molecule has 6 nitrogen and oxygen atoms in total. The summed E-state index contributed by atoms with van der Waals surface area (Å²) in [6, 6.07) is 9.89. The molecular weight excluding hydrogens is 340 g/mol. The maximum absolute atomic E-state index is 12.0. The van der Waals surface area contributed by atoms with Crippen LogP contribution >= 0.6 is 12.4 Å². The van der Waals surface area contributed by atoms with Gasteiger partial charge in [-0.3, -0.25) is 4.79 Å². The van der Waals surface area contributed by atoms with Crippen molar-refractivity contribution < 1.29 is 9.59 Å². The molecule has 0 aliphatic carbocycles. The lowest BCUT2D eigenvalue weighted by Gasteiger charge is -2.30. The summed E-state index contributed by atoms with van der Waals surface area (Å²) in [6.45, 7) is 4.91. The molecule has 0 spiro atoms. The van der Waals surface area contributed by atoms with Crippen LogP contribution in [0.3, 0.4) is 0 Å². The molecule has 1 aliphatic rings. The number of hydrogen-bond donors (Lipinski definition) is 3. The second-order valence-electron chi connectivity index (χ2n) is 6.47. The van der Waals surface area contributed by atoms with Crippen molar-refractivity contribution in [2.45, 2.75) is 32.4 Å². The normalized spacial score (nSPS) is 19.4. The van der Waals surface area contributed by atoms with Crippen LogP contribution in [-0.4, -0.2) is 49.6 Å². The summed E-state index contributed by atoms with van der Waals surface area (Å²) in [5.74, 6) is 0.439. The van der Waals surface area contributed by atoms with Crippen molar-refractivity contribution >= 4 is 24.3 Å². The molecule has 1 aliphatic heterocycles. The summed E-state index contributed by atoms with van der Waals surface area (Å²) >= 11 is 0. The number of urea groups is 1. The molecular formula is C18H29ClN4O2. The topological polar surface area (TPSA) is 73.5 Å². The summed E-state index contributed by atoms with van der Waals surface area (Å²) in [5, 5.41) is 9.18. The Hall–Kier alpha value is -1.79. The Balaban J connectivity index is 0.00000312. The number of nitrogens with zero attached hydrogens (tertiary/aromatic N) is 1. The van der Waals surface area contributed by atoms with Crippen LogP contribution in [0.25, 0.3) is 0 Å². The van der Waals surface area contributed by atoms with E-state index in [1.165, 1.54) is 0 Å². The molecule has 0 radical (unpaired) electrons. The van der Waals surface area contributed by atoms with Crippen molar-refractivity contribution in [1.29, 1.82) is 0 Å². The average Bonchev–Trinajstić information content (AvgIpc) is 2.57. The summed E-state index contributed by atoms with van der Waals surface area (Å²) in [6.07, 6.45) is 1.26. The molecule has 2 atom stereocenters. The van der Waals surface area contributed by atoms with Gasteiger partial charge in [-0.05, 0) is 31.0 Å². The number of hydrogen-bond acceptors (Lipinski definition) is 3. The lowest BCUT2D eigenvalue weighted by atomic mass is 9.95. The van der Waals surface area contributed by atoms with Gasteiger partial charge in [0.2, 0.25) is 5.91 Å². The second kappa shape index (κ2) is 10.9. The van der Waals surface area contributed by atoms with E-state index in [0.29, 0.717) is 25.4 Å². The third kappa shape index (κ3) is 7.32. The first-order valence-corrected chi connectivity index (χ1v) is 8.59. The first-order valence-electron chi connectivity index (χ1n) is 8.59. The number of rotatable bonds is 6. The first kappa shape index (κ1) is 21.3. The van der Waals surface area contributed by atoms with E-state index in [9.17, 15) is 9.59 Å². The van der Waals surface area contributed by atoms with Gasteiger partial charge in [-0.1, -0.05) is 37.3 Å². The van der Waals surface area contributed by atoms with Gasteiger partial charge in [-0.15, -0.1) is 12.4 Å². The molecule has 0 aromatic heterocycles. The molecule has 1 saturated heterocycles. The van der Waals surface area contributed by atoms with E-state index < -0.39 is 0 Å². The van der Waals surface area contributed by atoms with Gasteiger partial charge in [-0.2, -0.15) is 0 Å². The highest BCUT2D eigenvalue weighted by Gasteiger charge is 2.22. The van der Waals surface area contributed by atoms with Gasteiger partial charge in [0.25, 0.3) is 0 Å². The Morgan fingerprint density at radius 3 is 2.68 bits per heavy atom. The molecule has 2 unspecified atom stereocenters. The number of piperidine rings is 1. The Labute approximate surface area is 156 Å². The summed E-state index contributed by atoms with van der Waals surface area (Å²) in [4.78, 5) is 25.7. The highest BCUT2D eigenvalue weighted by molar-refractivity contribution is 5.85. The monoisotopic (exact) mass is 368 g/mol. The minimum atomic E-state index is -0.165. The highest BCUT2D eigenvalue weighted by atomic mass is 35.5. The van der Waals surface area contributed by atoms with E-state index in [0.717, 1.165) is 25.1 Å². The van der Waals surface area contributed by atoms with Crippen LogP contribution in [-0.2, 0) is 11.3 Å². The molecule has 25 heavy (non-hydrogen) atoms. The van der Waals surface area contributed by atoms with E-state index in [4.69, 9.17) is 0 Å². The second-order valence-corrected chi connectivity index (χ2v) is 6.47. The summed E-state index contributed by atoms with van der Waals surface area (Å²) in [5.41, 5.74) is 1.08. The van der Waals surface area contributed by atoms with Crippen molar-refractivity contribution in [1.82, 2.24) is 20.9 Å². The van der Waals surface area contributed by atoms with Crippen LogP contribution in [0.15, 0.2) is 30.3 Å². The fraction of sp³-hybridized carbons (Fsp3) is 0.556. The lowest BCUT2D eigenvalue weighted by molar-refractivity contribution is -0.122. The highest BCUT2D eigenvalue weighted by Crippen LogP contribution is 2.10. The van der Waals surface area contributed by atoms with E-state index in [2.05, 4.69) is 22.9 Å². The SMILES string of the molecule is CC1CNCCC1NC(=O)CCNC(=O)N(C)Cc1ccccc1.Cl. The summed E-state index contributed by atoms with van der Waals surface area (Å²) < 4.78 is 0. The zero-order chi connectivity index (χ0) is 17.4. The van der Waals surface area contributed by atoms with Crippen molar-refractivity contribution in [3.63, 3.8) is 0 Å². The number of carbonyl (C=O) groups is 2. The van der Waals surface area contributed by atoms with Gasteiger partial charge in [0.15, 0.2) is 0 Å². The van der Waals surface area contributed by atoms with Crippen molar-refractivity contribution in [3.8, 4) is 0 Å². The number of benzene rings is 1. The maximum Gasteiger partial charge on any atom is 0.317 e. The van der Waals surface area contributed by atoms with Gasteiger partial charge in [0.05, 0.1) is 0 Å². The Morgan fingerprint density at radius 1 is 1.28 bits per heavy atom. The Kier molecular flexibility index (Phi) is 9.31. The Bertz CT molecular complexity index is 541. The average molecular weight is 369 g/mol. The standard InChI is InChI=1S/C18H28N4O2.ClH/c1-14-12-19-10-8-16(14)21-17(23)9-11-20-18(24)22(2)13-15-6-4-3-5-7-15;/h3-7,14,16,19H,8-13H2,1-2H3,(H,20,24)(H,21,23);1H. The van der Waals surface area contributed by atoms with Crippen LogP contribution in [0.4, 0.5) is 4.79 Å². The summed E-state index contributed by atoms with van der Waals surface area (Å²) in [7, 11) is 1.75. The predicted octanol–water partition coefficient (Wildman–Crippen LogP) is 1.75. The molecule has 1 fully saturated rings. The van der Waals surface area contributed by atoms with E-state index in [1.54, 1.807) is 11.9 Å². The van der Waals surface area contributed by atoms with Crippen molar-refractivity contribution in [2.24, 2.45) is 5.92 Å². The fourth-order valence-electron chi connectivity index (χ4n) is 2.85. The third-order valence-electron chi connectivity index (χ3n) is 4.37. The number of halogens is 1. The predicted molar refractivity (Wildman–Crippen MR) is 102 cm³/mol. The maximum atomic E-state index is 12.0. The first-order chi connectivity index (χ1) is 11.6. The molecule has 0 saturated carbocycles. The molecule has 1 aromatic rings. The van der Waals surface area contributed by atoms with Crippen LogP contribution < -0.4 is 16.0 Å². The fourth-order valence-corrected chi connectivity index (χ4v) is 2.85. The number of carbonyl (C=O) groups excluding carboxylic acids is 2. The zero-order valence-electron chi connectivity index (χ0n) is 15.0. The lowest BCUT2D eigenvalue weighted by Crippen LogP contribution is -2.49. The molecule has 0 bridgehead atoms. The number of nitrogens with one attached hydrogen (secondary N) is 3. The van der Waals surface area contributed by atoms with Crippen molar-refractivity contribution in [2.75, 3.05) is 26.7 Å². The molecule has 1 aromatic carbocycles. The molecule has 2 rings (SSSR count). The minimum absolute atomic E-state index is 0. The van der Waals surface area contributed by atoms with Crippen LogP contribution in [0.2, 0.25) is 0 Å². The van der Waals surface area contributed by atoms with E-state index in [1.807, 2.05) is 30.3 Å². The van der Waals surface area contributed by atoms with Gasteiger partial charge >= 0.3 is 6.03 Å². The molecule has 7 heteroatoms. The quantitative estimate of drug-likeness (QED) is 0.716. The smallest absolute Gasteiger partial charge is 0.317 e. The largest absolute Gasteiger partial charge is 0.353 e. The van der Waals surface area contributed by atoms with Gasteiger partial charge in [-0.25, -0.2) is 4.79 Å². The molecule has 3 amide bonds.